The van der Waals surface area contributed by atoms with Crippen molar-refractivity contribution >= 4 is 52.4 Å². The van der Waals surface area contributed by atoms with Crippen LogP contribution in [0.1, 0.15) is 47.2 Å². The fraction of sp³-hybridized carbons (Fsp3) is 0.261. The van der Waals surface area contributed by atoms with Gasteiger partial charge in [-0.25, -0.2) is 4.98 Å². The molecule has 0 spiro atoms. The molecule has 1 amide bonds. The van der Waals surface area contributed by atoms with Crippen LogP contribution in [0.4, 0.5) is 5.69 Å². The Morgan fingerprint density at radius 2 is 1.81 bits per heavy atom. The number of aryl methyl sites for hydroxylation is 1. The van der Waals surface area contributed by atoms with Gasteiger partial charge < -0.3 is 15.0 Å². The topological polar surface area (TPSA) is 84.2 Å². The molecule has 9 heteroatoms. The molecule has 0 unspecified atom stereocenters. The van der Waals surface area contributed by atoms with Gasteiger partial charge in [-0.2, -0.15) is 0 Å². The lowest BCUT2D eigenvalue weighted by Gasteiger charge is -2.12. The number of benzene rings is 2. The van der Waals surface area contributed by atoms with E-state index in [1.807, 2.05) is 16.7 Å². The van der Waals surface area contributed by atoms with Gasteiger partial charge in [0.25, 0.3) is 5.91 Å². The molecule has 0 bridgehead atoms. The molecule has 2 aromatic carbocycles. The number of halogens is 3. The number of carbonyl (C=O) groups excluding carboxylic acids is 1. The number of rotatable bonds is 9. The molecule has 2 N–H and O–H groups in total. The summed E-state index contributed by atoms with van der Waals surface area (Å²) in [4.78, 5) is 28.2. The van der Waals surface area contributed by atoms with Gasteiger partial charge in [-0.15, -0.1) is 0 Å². The summed E-state index contributed by atoms with van der Waals surface area (Å²) in [7, 11) is 0. The Labute approximate surface area is 201 Å². The molecular formula is C23H22Cl3N3O3. The Hall–Kier alpha value is -2.54. The second kappa shape index (κ2) is 10.9. The summed E-state index contributed by atoms with van der Waals surface area (Å²) in [6.07, 6.45) is 2.43. The smallest absolute Gasteiger partial charge is 0.309 e. The fourth-order valence-corrected chi connectivity index (χ4v) is 3.92. The van der Waals surface area contributed by atoms with Gasteiger partial charge in [-0.05, 0) is 42.3 Å². The molecule has 0 radical (unpaired) electrons. The third-order valence-electron chi connectivity index (χ3n) is 4.90. The molecule has 168 valence electrons. The molecule has 3 rings (SSSR count). The third kappa shape index (κ3) is 6.03. The molecule has 3 aromatic rings. The Bertz CT molecular complexity index is 1130. The van der Waals surface area contributed by atoms with Crippen molar-refractivity contribution in [2.24, 2.45) is 0 Å². The van der Waals surface area contributed by atoms with Gasteiger partial charge in [-0.3, -0.25) is 9.59 Å². The lowest BCUT2D eigenvalue weighted by atomic mass is 10.1. The van der Waals surface area contributed by atoms with Crippen LogP contribution in [0, 0.1) is 0 Å². The normalized spacial score (nSPS) is 10.9. The van der Waals surface area contributed by atoms with Crippen molar-refractivity contribution in [1.29, 1.82) is 0 Å². The highest BCUT2D eigenvalue weighted by atomic mass is 35.5. The average Bonchev–Trinajstić information content (AvgIpc) is 3.03. The van der Waals surface area contributed by atoms with Gasteiger partial charge in [0.2, 0.25) is 0 Å². The maximum atomic E-state index is 12.5. The van der Waals surface area contributed by atoms with Crippen molar-refractivity contribution in [2.75, 3.05) is 5.32 Å². The van der Waals surface area contributed by atoms with Crippen LogP contribution >= 0.6 is 34.8 Å². The highest BCUT2D eigenvalue weighted by molar-refractivity contribution is 6.36. The van der Waals surface area contributed by atoms with Crippen molar-refractivity contribution in [2.45, 2.75) is 39.2 Å². The summed E-state index contributed by atoms with van der Waals surface area (Å²) in [5, 5.41) is 13.0. The van der Waals surface area contributed by atoms with E-state index in [-0.39, 0.29) is 23.0 Å². The number of aliphatic carboxylic acids is 1. The van der Waals surface area contributed by atoms with Crippen LogP contribution in [0.3, 0.4) is 0 Å². The molecule has 0 aliphatic carbocycles. The van der Waals surface area contributed by atoms with E-state index in [9.17, 15) is 14.7 Å². The highest BCUT2D eigenvalue weighted by Gasteiger charge is 2.18. The minimum absolute atomic E-state index is 0.202. The van der Waals surface area contributed by atoms with Crippen LogP contribution in [-0.4, -0.2) is 26.5 Å². The van der Waals surface area contributed by atoms with Gasteiger partial charge >= 0.3 is 5.97 Å². The van der Waals surface area contributed by atoms with E-state index in [0.717, 1.165) is 24.2 Å². The first-order valence-corrected chi connectivity index (χ1v) is 11.2. The lowest BCUT2D eigenvalue weighted by molar-refractivity contribution is -0.136. The van der Waals surface area contributed by atoms with Crippen LogP contribution in [0.25, 0.3) is 0 Å². The zero-order valence-electron chi connectivity index (χ0n) is 17.4. The van der Waals surface area contributed by atoms with Crippen LogP contribution < -0.4 is 5.32 Å². The van der Waals surface area contributed by atoms with E-state index in [1.165, 1.54) is 6.07 Å². The van der Waals surface area contributed by atoms with E-state index < -0.39 is 5.97 Å². The zero-order valence-corrected chi connectivity index (χ0v) is 19.6. The van der Waals surface area contributed by atoms with Gasteiger partial charge in [0.05, 0.1) is 22.7 Å². The molecule has 0 fully saturated rings. The van der Waals surface area contributed by atoms with Crippen molar-refractivity contribution in [3.8, 4) is 0 Å². The molecule has 32 heavy (non-hydrogen) atoms. The van der Waals surface area contributed by atoms with Crippen LogP contribution in [-0.2, 0) is 24.2 Å². The van der Waals surface area contributed by atoms with Gasteiger partial charge in [0, 0.05) is 23.7 Å². The summed E-state index contributed by atoms with van der Waals surface area (Å²) in [6, 6.07) is 12.0. The second-order valence-electron chi connectivity index (χ2n) is 7.30. The number of hydrogen-bond donors (Lipinski definition) is 2. The Morgan fingerprint density at radius 1 is 1.09 bits per heavy atom. The minimum Gasteiger partial charge on any atom is -0.481 e. The van der Waals surface area contributed by atoms with Crippen LogP contribution in [0.2, 0.25) is 15.2 Å². The molecule has 1 heterocycles. The van der Waals surface area contributed by atoms with Gasteiger partial charge in [0.15, 0.2) is 5.15 Å². The predicted octanol–water partition coefficient (Wildman–Crippen LogP) is 6.11. The number of imidazole rings is 1. The van der Waals surface area contributed by atoms with E-state index in [1.54, 1.807) is 24.3 Å². The molecule has 6 nitrogen and oxygen atoms in total. The summed E-state index contributed by atoms with van der Waals surface area (Å²) in [6.45, 7) is 2.51. The molecule has 0 atom stereocenters. The highest BCUT2D eigenvalue weighted by Crippen LogP contribution is 2.24. The second-order valence-corrected chi connectivity index (χ2v) is 8.50. The standard InChI is InChI=1S/C23H22Cl3N3O3/c1-2-3-4-20-28-22(26)19(12-21(30)31)29(20)13-14-5-8-16(9-6-14)27-23(32)17-11-15(24)7-10-18(17)25/h5-11H,2-4,12-13H2,1H3,(H,27,32)(H,30,31). The number of hydrogen-bond acceptors (Lipinski definition) is 3. The number of carboxylic acid groups (broad SMARTS) is 1. The van der Waals surface area contributed by atoms with E-state index in [4.69, 9.17) is 34.8 Å². The number of carboxylic acids is 1. The lowest BCUT2D eigenvalue weighted by Crippen LogP contribution is -2.13. The third-order valence-corrected chi connectivity index (χ3v) is 5.77. The molecule has 0 aliphatic heterocycles. The summed E-state index contributed by atoms with van der Waals surface area (Å²) >= 11 is 18.3. The van der Waals surface area contributed by atoms with Crippen molar-refractivity contribution in [1.82, 2.24) is 9.55 Å². The fourth-order valence-electron chi connectivity index (χ4n) is 3.28. The van der Waals surface area contributed by atoms with Crippen molar-refractivity contribution < 1.29 is 14.7 Å². The summed E-state index contributed by atoms with van der Waals surface area (Å²) in [5.41, 5.74) is 2.28. The molecule has 0 aliphatic rings. The van der Waals surface area contributed by atoms with Gasteiger partial charge in [0.1, 0.15) is 5.82 Å². The van der Waals surface area contributed by atoms with E-state index in [0.29, 0.717) is 34.4 Å². The number of amides is 1. The molecule has 0 saturated heterocycles. The van der Waals surface area contributed by atoms with Crippen molar-refractivity contribution in [3.05, 3.63) is 80.3 Å². The van der Waals surface area contributed by atoms with E-state index >= 15 is 0 Å². The maximum Gasteiger partial charge on any atom is 0.309 e. The monoisotopic (exact) mass is 493 g/mol. The molecule has 0 saturated carbocycles. The van der Waals surface area contributed by atoms with E-state index in [2.05, 4.69) is 17.2 Å². The quantitative estimate of drug-likeness (QED) is 0.376. The van der Waals surface area contributed by atoms with Crippen LogP contribution in [0.5, 0.6) is 0 Å². The predicted molar refractivity (Wildman–Crippen MR) is 127 cm³/mol. The molecular weight excluding hydrogens is 473 g/mol. The number of carbonyl (C=O) groups is 2. The number of nitrogens with zero attached hydrogens (tertiary/aromatic N) is 2. The van der Waals surface area contributed by atoms with Crippen LogP contribution in [0.15, 0.2) is 42.5 Å². The molecule has 1 aromatic heterocycles. The largest absolute Gasteiger partial charge is 0.481 e. The first-order chi connectivity index (χ1) is 15.3. The first kappa shape index (κ1) is 24.1. The number of unbranched alkanes of at least 4 members (excludes halogenated alkanes) is 1. The average molecular weight is 495 g/mol. The maximum absolute atomic E-state index is 12.5. The summed E-state index contributed by atoms with van der Waals surface area (Å²) < 4.78 is 1.87. The Balaban J connectivity index is 1.79. The number of anilines is 1. The van der Waals surface area contributed by atoms with Gasteiger partial charge in [-0.1, -0.05) is 60.3 Å². The first-order valence-electron chi connectivity index (χ1n) is 10.1. The Morgan fingerprint density at radius 3 is 2.47 bits per heavy atom. The number of nitrogens with one attached hydrogen (secondary N) is 1. The SMILES string of the molecule is CCCCc1nc(Cl)c(CC(=O)O)n1Cc1ccc(NC(=O)c2cc(Cl)ccc2Cl)cc1. The Kier molecular flexibility index (Phi) is 8.18. The summed E-state index contributed by atoms with van der Waals surface area (Å²) in [5.74, 6) is -0.564. The zero-order chi connectivity index (χ0) is 23.3. The number of aromatic nitrogens is 2. The minimum atomic E-state index is -0.965. The van der Waals surface area contributed by atoms with Crippen molar-refractivity contribution in [3.63, 3.8) is 0 Å².